The minimum absolute atomic E-state index is 0.0777. The molecular formula is C24H41FN2O4Si. The van der Waals surface area contributed by atoms with E-state index in [1.54, 1.807) is 17.0 Å². The van der Waals surface area contributed by atoms with Gasteiger partial charge in [-0.15, -0.1) is 0 Å². The molecule has 1 fully saturated rings. The van der Waals surface area contributed by atoms with Crippen molar-refractivity contribution in [2.75, 3.05) is 25.4 Å². The fraction of sp³-hybridized carbons (Fsp3) is 0.708. The van der Waals surface area contributed by atoms with Crippen molar-refractivity contribution in [2.45, 2.75) is 90.3 Å². The van der Waals surface area contributed by atoms with Gasteiger partial charge < -0.3 is 24.5 Å². The van der Waals surface area contributed by atoms with Crippen LogP contribution in [0.1, 0.15) is 53.5 Å². The number of rotatable bonds is 6. The van der Waals surface area contributed by atoms with Crippen LogP contribution >= 0.6 is 0 Å². The molecule has 2 atom stereocenters. The van der Waals surface area contributed by atoms with E-state index in [-0.39, 0.29) is 29.2 Å². The summed E-state index contributed by atoms with van der Waals surface area (Å²) in [7, 11) is -1.97. The highest BCUT2D eigenvalue weighted by atomic mass is 28.4. The molecule has 0 unspecified atom stereocenters. The predicted molar refractivity (Wildman–Crippen MR) is 129 cm³/mol. The van der Waals surface area contributed by atoms with Gasteiger partial charge >= 0.3 is 6.09 Å². The van der Waals surface area contributed by atoms with Gasteiger partial charge in [-0.25, -0.2) is 9.18 Å². The number of carbonyl (C=O) groups excluding carboxylic acids is 1. The second-order valence-corrected chi connectivity index (χ2v) is 16.0. The Kier molecular flexibility index (Phi) is 8.39. The summed E-state index contributed by atoms with van der Waals surface area (Å²) in [6.07, 6.45) is 0.0764. The number of ether oxygens (including phenoxy) is 2. The summed E-state index contributed by atoms with van der Waals surface area (Å²) in [6.45, 7) is 17.7. The van der Waals surface area contributed by atoms with E-state index in [0.29, 0.717) is 43.8 Å². The maximum absolute atomic E-state index is 14.2. The zero-order chi connectivity index (χ0) is 24.3. The van der Waals surface area contributed by atoms with Crippen LogP contribution in [0, 0.1) is 5.82 Å². The first-order valence-electron chi connectivity index (χ1n) is 11.4. The molecule has 0 bridgehead atoms. The molecule has 1 aliphatic rings. The number of hydrogen-bond acceptors (Lipinski definition) is 5. The van der Waals surface area contributed by atoms with Gasteiger partial charge in [0.1, 0.15) is 11.4 Å². The van der Waals surface area contributed by atoms with E-state index < -0.39 is 13.9 Å². The molecule has 182 valence electrons. The SMILES string of the molecule is CC(C)(C)OC(=O)N1C[C@@H](CCc2c(N)cccc2F)O[C@H](CO[Si](C)(C)C(C)(C)C)C1. The molecule has 0 radical (unpaired) electrons. The second-order valence-electron chi connectivity index (χ2n) is 11.2. The number of morpholine rings is 1. The van der Waals surface area contributed by atoms with Crippen LogP contribution in [-0.4, -0.2) is 56.8 Å². The van der Waals surface area contributed by atoms with E-state index in [0.717, 1.165) is 0 Å². The largest absolute Gasteiger partial charge is 0.444 e. The van der Waals surface area contributed by atoms with Gasteiger partial charge in [-0.2, -0.15) is 0 Å². The third-order valence-corrected chi connectivity index (χ3v) is 10.7. The lowest BCUT2D eigenvalue weighted by molar-refractivity contribution is -0.103. The summed E-state index contributed by atoms with van der Waals surface area (Å²) in [5, 5.41) is 0.0777. The number of amides is 1. The van der Waals surface area contributed by atoms with Crippen molar-refractivity contribution in [3.63, 3.8) is 0 Å². The maximum atomic E-state index is 14.2. The molecule has 1 aromatic rings. The number of nitrogen functional groups attached to an aromatic ring is 1. The minimum Gasteiger partial charge on any atom is -0.444 e. The van der Waals surface area contributed by atoms with Gasteiger partial charge in [-0.05, 0) is 63.9 Å². The Morgan fingerprint density at radius 2 is 1.81 bits per heavy atom. The first-order valence-corrected chi connectivity index (χ1v) is 14.3. The molecule has 1 aliphatic heterocycles. The first kappa shape index (κ1) is 26.6. The average molecular weight is 469 g/mol. The highest BCUT2D eigenvalue weighted by Gasteiger charge is 2.39. The van der Waals surface area contributed by atoms with Crippen molar-refractivity contribution in [2.24, 2.45) is 0 Å². The lowest BCUT2D eigenvalue weighted by Crippen LogP contribution is -2.54. The van der Waals surface area contributed by atoms with E-state index in [1.165, 1.54) is 6.07 Å². The number of halogens is 1. The second kappa shape index (κ2) is 10.1. The molecule has 1 amide bonds. The Hall–Kier alpha value is -1.64. The first-order chi connectivity index (χ1) is 14.6. The number of benzene rings is 1. The van der Waals surface area contributed by atoms with Crippen LogP contribution in [0.4, 0.5) is 14.9 Å². The van der Waals surface area contributed by atoms with Crippen molar-refractivity contribution in [3.8, 4) is 0 Å². The quantitative estimate of drug-likeness (QED) is 0.449. The fourth-order valence-electron chi connectivity index (χ4n) is 3.31. The third-order valence-electron chi connectivity index (χ3n) is 6.19. The summed E-state index contributed by atoms with van der Waals surface area (Å²) in [4.78, 5) is 14.5. The van der Waals surface area contributed by atoms with Crippen LogP contribution < -0.4 is 5.73 Å². The average Bonchev–Trinajstić information content (AvgIpc) is 2.63. The number of carbonyl (C=O) groups is 1. The number of anilines is 1. The molecule has 1 saturated heterocycles. The van der Waals surface area contributed by atoms with Crippen LogP contribution in [0.25, 0.3) is 0 Å². The van der Waals surface area contributed by atoms with Crippen LogP contribution in [0.2, 0.25) is 18.1 Å². The monoisotopic (exact) mass is 468 g/mol. The maximum Gasteiger partial charge on any atom is 0.410 e. The summed E-state index contributed by atoms with van der Waals surface area (Å²) in [5.41, 5.74) is 6.30. The van der Waals surface area contributed by atoms with Crippen LogP contribution in [0.5, 0.6) is 0 Å². The number of nitrogens with zero attached hydrogens (tertiary/aromatic N) is 1. The third kappa shape index (κ3) is 7.45. The van der Waals surface area contributed by atoms with E-state index in [1.807, 2.05) is 20.8 Å². The summed E-state index contributed by atoms with van der Waals surface area (Å²) >= 11 is 0. The summed E-state index contributed by atoms with van der Waals surface area (Å²) < 4.78 is 32.5. The Morgan fingerprint density at radius 3 is 2.38 bits per heavy atom. The van der Waals surface area contributed by atoms with Crippen molar-refractivity contribution in [1.29, 1.82) is 0 Å². The van der Waals surface area contributed by atoms with Crippen molar-refractivity contribution in [1.82, 2.24) is 4.90 Å². The van der Waals surface area contributed by atoms with E-state index in [4.69, 9.17) is 19.6 Å². The molecular weight excluding hydrogens is 427 g/mol. The molecule has 6 nitrogen and oxygen atoms in total. The Labute approximate surface area is 193 Å². The smallest absolute Gasteiger partial charge is 0.410 e. The summed E-state index contributed by atoms with van der Waals surface area (Å²) in [6, 6.07) is 4.71. The standard InChI is InChI=1S/C24H41FN2O4Si/c1-23(2,3)31-22(28)27-14-17(12-13-19-20(25)10-9-11-21(19)26)30-18(15-27)16-29-32(7,8)24(4,5)6/h9-11,17-18H,12-16,26H2,1-8H3/t17-,18+/m1/s1. The van der Waals surface area contributed by atoms with Gasteiger partial charge in [-0.1, -0.05) is 26.8 Å². The Bertz CT molecular complexity index is 769. The van der Waals surface area contributed by atoms with E-state index >= 15 is 0 Å². The molecule has 0 spiro atoms. The molecule has 1 heterocycles. The van der Waals surface area contributed by atoms with Gasteiger partial charge in [0.05, 0.1) is 31.9 Å². The molecule has 1 aromatic carbocycles. The van der Waals surface area contributed by atoms with E-state index in [9.17, 15) is 9.18 Å². The molecule has 8 heteroatoms. The van der Waals surface area contributed by atoms with Gasteiger partial charge in [0.15, 0.2) is 8.32 Å². The predicted octanol–water partition coefficient (Wildman–Crippen LogP) is 5.37. The van der Waals surface area contributed by atoms with Crippen molar-refractivity contribution in [3.05, 3.63) is 29.6 Å². The number of nitrogens with two attached hydrogens (primary N) is 1. The van der Waals surface area contributed by atoms with Gasteiger partial charge in [-0.3, -0.25) is 0 Å². The molecule has 2 N–H and O–H groups in total. The topological polar surface area (TPSA) is 74.0 Å². The zero-order valence-electron chi connectivity index (χ0n) is 21.0. The van der Waals surface area contributed by atoms with Crippen LogP contribution in [0.3, 0.4) is 0 Å². The van der Waals surface area contributed by atoms with Crippen molar-refractivity contribution < 1.29 is 23.1 Å². The Morgan fingerprint density at radius 1 is 1.19 bits per heavy atom. The normalized spacial score (nSPS) is 20.3. The Balaban J connectivity index is 2.11. The lowest BCUT2D eigenvalue weighted by atomic mass is 10.0. The van der Waals surface area contributed by atoms with Gasteiger partial charge in [0.2, 0.25) is 0 Å². The molecule has 0 aliphatic carbocycles. The molecule has 2 rings (SSSR count). The highest BCUT2D eigenvalue weighted by molar-refractivity contribution is 6.74. The van der Waals surface area contributed by atoms with Crippen molar-refractivity contribution >= 4 is 20.1 Å². The van der Waals surface area contributed by atoms with Crippen LogP contribution in [0.15, 0.2) is 18.2 Å². The molecule has 32 heavy (non-hydrogen) atoms. The van der Waals surface area contributed by atoms with Gasteiger partial charge in [0.25, 0.3) is 0 Å². The van der Waals surface area contributed by atoms with Crippen LogP contribution in [-0.2, 0) is 20.3 Å². The minimum atomic E-state index is -1.97. The molecule has 0 aromatic heterocycles. The zero-order valence-corrected chi connectivity index (χ0v) is 22.0. The number of hydrogen-bond donors (Lipinski definition) is 1. The lowest BCUT2D eigenvalue weighted by Gasteiger charge is -2.41. The fourth-order valence-corrected chi connectivity index (χ4v) is 4.35. The summed E-state index contributed by atoms with van der Waals surface area (Å²) in [5.74, 6) is -0.317. The van der Waals surface area contributed by atoms with Gasteiger partial charge in [0, 0.05) is 11.3 Å². The molecule has 0 saturated carbocycles. The highest BCUT2D eigenvalue weighted by Crippen LogP contribution is 2.37. The van der Waals surface area contributed by atoms with E-state index in [2.05, 4.69) is 33.9 Å².